The Kier molecular flexibility index (Phi) is 6.29. The molecule has 2 N–H and O–H groups in total. The summed E-state index contributed by atoms with van der Waals surface area (Å²) < 4.78 is 11.1. The van der Waals surface area contributed by atoms with Crippen LogP contribution in [0.4, 0.5) is 5.69 Å². The molecule has 0 bridgehead atoms. The van der Waals surface area contributed by atoms with Gasteiger partial charge < -0.3 is 19.9 Å². The van der Waals surface area contributed by atoms with Crippen LogP contribution in [0, 0.1) is 0 Å². The summed E-state index contributed by atoms with van der Waals surface area (Å²) in [6, 6.07) is 21.6. The van der Waals surface area contributed by atoms with Crippen LogP contribution in [0.25, 0.3) is 0 Å². The van der Waals surface area contributed by atoms with Gasteiger partial charge in [-0.25, -0.2) is 0 Å². The first-order chi connectivity index (χ1) is 13.6. The van der Waals surface area contributed by atoms with Crippen molar-refractivity contribution in [3.05, 3.63) is 89.5 Å². The van der Waals surface area contributed by atoms with Crippen molar-refractivity contribution in [1.82, 2.24) is 0 Å². The van der Waals surface area contributed by atoms with Crippen LogP contribution in [0.3, 0.4) is 0 Å². The number of hydrogen-bond acceptors (Lipinski definition) is 4. The lowest BCUT2D eigenvalue weighted by Gasteiger charge is -2.19. The van der Waals surface area contributed by atoms with Gasteiger partial charge in [-0.05, 0) is 42.0 Å². The molecular formula is C23H23NO4. The lowest BCUT2D eigenvalue weighted by Crippen LogP contribution is -2.12. The van der Waals surface area contributed by atoms with Crippen molar-refractivity contribution in [3.63, 3.8) is 0 Å². The molecule has 3 aromatic carbocycles. The number of anilines is 1. The number of benzene rings is 3. The van der Waals surface area contributed by atoms with Crippen LogP contribution in [0.15, 0.2) is 72.8 Å². The van der Waals surface area contributed by atoms with E-state index < -0.39 is 0 Å². The van der Waals surface area contributed by atoms with E-state index in [1.807, 2.05) is 42.5 Å². The molecular weight excluding hydrogens is 354 g/mol. The van der Waals surface area contributed by atoms with Crippen molar-refractivity contribution in [1.29, 1.82) is 0 Å². The molecule has 3 aromatic rings. The van der Waals surface area contributed by atoms with Crippen LogP contribution in [-0.2, 0) is 11.2 Å². The van der Waals surface area contributed by atoms with Crippen molar-refractivity contribution >= 4 is 11.6 Å². The van der Waals surface area contributed by atoms with E-state index in [0.29, 0.717) is 29.0 Å². The van der Waals surface area contributed by atoms with Crippen molar-refractivity contribution in [2.75, 3.05) is 19.5 Å². The third kappa shape index (κ3) is 4.50. The number of carbonyl (C=O) groups is 1. The highest BCUT2D eigenvalue weighted by Gasteiger charge is 2.18. The normalized spacial score (nSPS) is 11.6. The second-order valence-corrected chi connectivity index (χ2v) is 6.33. The molecule has 1 atom stereocenters. The van der Waals surface area contributed by atoms with E-state index in [1.54, 1.807) is 44.6 Å². The fourth-order valence-corrected chi connectivity index (χ4v) is 3.09. The van der Waals surface area contributed by atoms with Gasteiger partial charge in [0.05, 0.1) is 13.2 Å². The van der Waals surface area contributed by atoms with Crippen molar-refractivity contribution in [2.24, 2.45) is 0 Å². The molecule has 0 fully saturated rings. The van der Waals surface area contributed by atoms with Gasteiger partial charge in [0.2, 0.25) is 0 Å². The van der Waals surface area contributed by atoms with Crippen LogP contribution in [-0.4, -0.2) is 25.2 Å². The number of ether oxygens (including phenoxy) is 2. The van der Waals surface area contributed by atoms with Crippen molar-refractivity contribution in [2.45, 2.75) is 12.5 Å². The van der Waals surface area contributed by atoms with Crippen LogP contribution in [0.5, 0.6) is 11.5 Å². The first-order valence-corrected chi connectivity index (χ1v) is 8.96. The van der Waals surface area contributed by atoms with Gasteiger partial charge in [-0.3, -0.25) is 4.79 Å². The molecule has 3 rings (SSSR count). The second kappa shape index (κ2) is 9.06. The fourth-order valence-electron chi connectivity index (χ4n) is 3.09. The van der Waals surface area contributed by atoms with Gasteiger partial charge in [0.15, 0.2) is 0 Å². The Bertz CT molecular complexity index is 940. The highest BCUT2D eigenvalue weighted by atomic mass is 16.5. The maximum Gasteiger partial charge on any atom is 0.255 e. The standard InChI is InChI=1S/C23H23NO4/c1-27-21-13-12-18(24-23(26)16-8-4-3-5-9-16)14-17(21)15-22(28-2)19-10-6-7-11-20(19)25/h3-14,22,25H,15H2,1-2H3,(H,24,26). The Morgan fingerprint density at radius 3 is 2.39 bits per heavy atom. The summed E-state index contributed by atoms with van der Waals surface area (Å²) in [5, 5.41) is 13.1. The number of phenols is 1. The van der Waals surface area contributed by atoms with Crippen LogP contribution in [0.2, 0.25) is 0 Å². The number of para-hydroxylation sites is 1. The van der Waals surface area contributed by atoms with Crippen molar-refractivity contribution in [3.8, 4) is 11.5 Å². The predicted molar refractivity (Wildman–Crippen MR) is 109 cm³/mol. The molecule has 0 radical (unpaired) electrons. The third-order valence-electron chi connectivity index (χ3n) is 4.55. The number of nitrogens with one attached hydrogen (secondary N) is 1. The number of hydrogen-bond donors (Lipinski definition) is 2. The minimum atomic E-state index is -0.352. The van der Waals surface area contributed by atoms with Crippen LogP contribution >= 0.6 is 0 Å². The van der Waals surface area contributed by atoms with E-state index in [1.165, 1.54) is 0 Å². The number of methoxy groups -OCH3 is 2. The summed E-state index contributed by atoms with van der Waals surface area (Å²) in [5.41, 5.74) is 2.81. The monoisotopic (exact) mass is 377 g/mol. The number of phenolic OH excluding ortho intramolecular Hbond substituents is 1. The quantitative estimate of drug-likeness (QED) is 0.632. The summed E-state index contributed by atoms with van der Waals surface area (Å²) >= 11 is 0. The first-order valence-electron chi connectivity index (χ1n) is 8.96. The Balaban J connectivity index is 1.84. The number of amides is 1. The average Bonchev–Trinajstić information content (AvgIpc) is 2.73. The first kappa shape index (κ1) is 19.5. The van der Waals surface area contributed by atoms with Gasteiger partial charge in [0.25, 0.3) is 5.91 Å². The molecule has 0 aromatic heterocycles. The largest absolute Gasteiger partial charge is 0.508 e. The SMILES string of the molecule is COc1ccc(NC(=O)c2ccccc2)cc1CC(OC)c1ccccc1O. The molecule has 0 spiro atoms. The molecule has 1 amide bonds. The smallest absolute Gasteiger partial charge is 0.255 e. The lowest BCUT2D eigenvalue weighted by molar-refractivity contribution is 0.101. The summed E-state index contributed by atoms with van der Waals surface area (Å²) in [4.78, 5) is 12.4. The summed E-state index contributed by atoms with van der Waals surface area (Å²) in [5.74, 6) is 0.692. The zero-order valence-corrected chi connectivity index (χ0v) is 15.9. The fraction of sp³-hybridized carbons (Fsp3) is 0.174. The molecule has 5 heteroatoms. The minimum Gasteiger partial charge on any atom is -0.508 e. The number of aromatic hydroxyl groups is 1. The van der Waals surface area contributed by atoms with Crippen LogP contribution in [0.1, 0.15) is 27.6 Å². The topological polar surface area (TPSA) is 67.8 Å². The zero-order chi connectivity index (χ0) is 19.9. The van der Waals surface area contributed by atoms with E-state index in [0.717, 1.165) is 5.56 Å². The highest BCUT2D eigenvalue weighted by Crippen LogP contribution is 2.33. The summed E-state index contributed by atoms with van der Waals surface area (Å²) in [6.45, 7) is 0. The van der Waals surface area contributed by atoms with E-state index in [4.69, 9.17) is 9.47 Å². The highest BCUT2D eigenvalue weighted by molar-refractivity contribution is 6.04. The van der Waals surface area contributed by atoms with Gasteiger partial charge in [0.1, 0.15) is 11.5 Å². The maximum atomic E-state index is 12.4. The molecule has 0 saturated carbocycles. The Morgan fingerprint density at radius 2 is 1.71 bits per heavy atom. The second-order valence-electron chi connectivity index (χ2n) is 6.33. The third-order valence-corrected chi connectivity index (χ3v) is 4.55. The van der Waals surface area contributed by atoms with Gasteiger partial charge in [-0.1, -0.05) is 36.4 Å². The zero-order valence-electron chi connectivity index (χ0n) is 15.9. The van der Waals surface area contributed by atoms with Crippen molar-refractivity contribution < 1.29 is 19.4 Å². The van der Waals surface area contributed by atoms with E-state index in [9.17, 15) is 9.90 Å². The molecule has 28 heavy (non-hydrogen) atoms. The van der Waals surface area contributed by atoms with Crippen LogP contribution < -0.4 is 10.1 Å². The van der Waals surface area contributed by atoms with Gasteiger partial charge in [-0.2, -0.15) is 0 Å². The Hall–Kier alpha value is -3.31. The molecule has 5 nitrogen and oxygen atoms in total. The number of rotatable bonds is 7. The molecule has 0 aliphatic rings. The van der Waals surface area contributed by atoms with E-state index in [-0.39, 0.29) is 17.8 Å². The van der Waals surface area contributed by atoms with Gasteiger partial charge >= 0.3 is 0 Å². The van der Waals surface area contributed by atoms with E-state index >= 15 is 0 Å². The molecule has 0 heterocycles. The molecule has 1 unspecified atom stereocenters. The lowest BCUT2D eigenvalue weighted by atomic mass is 9.99. The summed E-state index contributed by atoms with van der Waals surface area (Å²) in [7, 11) is 3.20. The van der Waals surface area contributed by atoms with Gasteiger partial charge in [0, 0.05) is 30.3 Å². The minimum absolute atomic E-state index is 0.180. The number of carbonyl (C=O) groups excluding carboxylic acids is 1. The molecule has 0 saturated heterocycles. The Labute approximate surface area is 164 Å². The summed E-state index contributed by atoms with van der Waals surface area (Å²) in [6.07, 6.45) is 0.127. The molecule has 0 aliphatic carbocycles. The van der Waals surface area contributed by atoms with Gasteiger partial charge in [-0.15, -0.1) is 0 Å². The predicted octanol–water partition coefficient (Wildman–Crippen LogP) is 4.58. The maximum absolute atomic E-state index is 12.4. The molecule has 144 valence electrons. The Morgan fingerprint density at radius 1 is 1.00 bits per heavy atom. The van der Waals surface area contributed by atoms with E-state index in [2.05, 4.69) is 5.32 Å². The average molecular weight is 377 g/mol. The molecule has 0 aliphatic heterocycles.